The van der Waals surface area contributed by atoms with Crippen LogP contribution < -0.4 is 4.90 Å². The molecule has 22 heavy (non-hydrogen) atoms. The number of aryl methyl sites for hydroxylation is 1. The molecule has 3 heterocycles. The van der Waals surface area contributed by atoms with E-state index in [1.165, 1.54) is 5.56 Å². The minimum atomic E-state index is -0.0878. The van der Waals surface area contributed by atoms with E-state index >= 15 is 0 Å². The van der Waals surface area contributed by atoms with Crippen molar-refractivity contribution in [1.29, 1.82) is 0 Å². The smallest absolute Gasteiger partial charge is 0.224 e. The lowest BCUT2D eigenvalue weighted by Crippen LogP contribution is -2.42. The van der Waals surface area contributed by atoms with Gasteiger partial charge in [0.2, 0.25) is 5.91 Å². The number of ether oxygens (including phenoxy) is 1. The Morgan fingerprint density at radius 2 is 2.18 bits per heavy atom. The van der Waals surface area contributed by atoms with Gasteiger partial charge in [-0.2, -0.15) is 0 Å². The molecule has 4 heteroatoms. The quantitative estimate of drug-likeness (QED) is 0.804. The van der Waals surface area contributed by atoms with Gasteiger partial charge in [0.05, 0.1) is 18.1 Å². The number of hydrogen-bond donors (Lipinski definition) is 0. The molecule has 114 valence electrons. The zero-order chi connectivity index (χ0) is 15.3. The van der Waals surface area contributed by atoms with Crippen LogP contribution in [0.1, 0.15) is 42.4 Å². The Labute approximate surface area is 129 Å². The third-order valence-corrected chi connectivity index (χ3v) is 4.74. The third-order valence-electron chi connectivity index (χ3n) is 4.74. The Bertz CT molecular complexity index is 707. The largest absolute Gasteiger partial charge is 0.467 e. The lowest BCUT2D eigenvalue weighted by Gasteiger charge is -2.42. The number of fused-ring (bicyclic) bond motifs is 3. The summed E-state index contributed by atoms with van der Waals surface area (Å²) in [6.07, 6.45) is 2.65. The van der Waals surface area contributed by atoms with Gasteiger partial charge in [-0.15, -0.1) is 0 Å². The molecule has 4 rings (SSSR count). The van der Waals surface area contributed by atoms with E-state index in [0.717, 1.165) is 30.0 Å². The number of furan rings is 1. The number of hydrogen-bond acceptors (Lipinski definition) is 3. The number of rotatable bonds is 1. The average Bonchev–Trinajstić information content (AvgIpc) is 3.17. The van der Waals surface area contributed by atoms with Gasteiger partial charge in [0, 0.05) is 25.0 Å². The first-order chi connectivity index (χ1) is 10.7. The highest BCUT2D eigenvalue weighted by atomic mass is 16.5. The van der Waals surface area contributed by atoms with Crippen LogP contribution in [-0.2, 0) is 9.53 Å². The Morgan fingerprint density at radius 1 is 1.32 bits per heavy atom. The number of anilines is 1. The monoisotopic (exact) mass is 297 g/mol. The van der Waals surface area contributed by atoms with Crippen LogP contribution in [-0.4, -0.2) is 12.5 Å². The summed E-state index contributed by atoms with van der Waals surface area (Å²) in [6.45, 7) is 4.42. The van der Waals surface area contributed by atoms with Gasteiger partial charge in [0.25, 0.3) is 0 Å². The van der Waals surface area contributed by atoms with Gasteiger partial charge >= 0.3 is 0 Å². The van der Waals surface area contributed by atoms with Crippen LogP contribution in [0.2, 0.25) is 0 Å². The molecular weight excluding hydrogens is 278 g/mol. The van der Waals surface area contributed by atoms with E-state index in [2.05, 4.69) is 13.0 Å². The average molecular weight is 297 g/mol. The summed E-state index contributed by atoms with van der Waals surface area (Å²) in [7, 11) is 0. The van der Waals surface area contributed by atoms with Gasteiger partial charge in [-0.3, -0.25) is 4.79 Å². The summed E-state index contributed by atoms with van der Waals surface area (Å²) in [5, 5.41) is 0. The Balaban J connectivity index is 1.92. The van der Waals surface area contributed by atoms with Crippen LogP contribution in [0.15, 0.2) is 41.0 Å². The van der Waals surface area contributed by atoms with E-state index in [4.69, 9.17) is 9.15 Å². The molecule has 1 amide bonds. The van der Waals surface area contributed by atoms with Crippen molar-refractivity contribution >= 4 is 11.6 Å². The maximum Gasteiger partial charge on any atom is 0.224 e. The molecule has 1 aromatic heterocycles. The summed E-state index contributed by atoms with van der Waals surface area (Å²) < 4.78 is 11.7. The summed E-state index contributed by atoms with van der Waals surface area (Å²) in [6, 6.07) is 9.96. The normalized spacial score (nSPS) is 26.6. The van der Waals surface area contributed by atoms with Crippen LogP contribution in [0.4, 0.5) is 5.69 Å². The predicted molar refractivity (Wildman–Crippen MR) is 82.6 cm³/mol. The molecule has 2 aromatic rings. The predicted octanol–water partition coefficient (Wildman–Crippen LogP) is 3.77. The molecule has 3 unspecified atom stereocenters. The second-order valence-electron chi connectivity index (χ2n) is 6.16. The number of amides is 1. The fraction of sp³-hybridized carbons (Fsp3) is 0.389. The van der Waals surface area contributed by atoms with Crippen molar-refractivity contribution in [2.75, 3.05) is 11.5 Å². The first kappa shape index (κ1) is 13.6. The maximum atomic E-state index is 12.4. The Kier molecular flexibility index (Phi) is 3.08. The molecule has 0 radical (unpaired) electrons. The van der Waals surface area contributed by atoms with E-state index in [1.807, 2.05) is 29.2 Å². The van der Waals surface area contributed by atoms with Gasteiger partial charge in [-0.1, -0.05) is 17.7 Å². The van der Waals surface area contributed by atoms with Gasteiger partial charge < -0.3 is 14.1 Å². The van der Waals surface area contributed by atoms with Crippen molar-refractivity contribution in [3.8, 4) is 0 Å². The lowest BCUT2D eigenvalue weighted by molar-refractivity contribution is -0.117. The van der Waals surface area contributed by atoms with E-state index in [-0.39, 0.29) is 24.0 Å². The van der Waals surface area contributed by atoms with Crippen LogP contribution in [0.25, 0.3) is 0 Å². The Hall–Kier alpha value is -2.07. The fourth-order valence-corrected chi connectivity index (χ4v) is 3.88. The highest BCUT2D eigenvalue weighted by Gasteiger charge is 2.47. The number of carbonyl (C=O) groups excluding carboxylic acids is 1. The number of benzene rings is 1. The van der Waals surface area contributed by atoms with E-state index in [9.17, 15) is 4.79 Å². The molecule has 3 atom stereocenters. The lowest BCUT2D eigenvalue weighted by atomic mass is 9.81. The summed E-state index contributed by atoms with van der Waals surface area (Å²) in [5.74, 6) is 1.11. The van der Waals surface area contributed by atoms with Gasteiger partial charge in [-0.25, -0.2) is 0 Å². The zero-order valence-electron chi connectivity index (χ0n) is 12.8. The van der Waals surface area contributed by atoms with Crippen molar-refractivity contribution in [3.63, 3.8) is 0 Å². The van der Waals surface area contributed by atoms with Crippen molar-refractivity contribution in [3.05, 3.63) is 53.5 Å². The van der Waals surface area contributed by atoms with Crippen LogP contribution in [0.5, 0.6) is 0 Å². The van der Waals surface area contributed by atoms with Gasteiger partial charge in [0.15, 0.2) is 0 Å². The van der Waals surface area contributed by atoms with E-state index in [1.54, 1.807) is 13.2 Å². The molecule has 2 aliphatic rings. The van der Waals surface area contributed by atoms with Crippen LogP contribution >= 0.6 is 0 Å². The highest BCUT2D eigenvalue weighted by molar-refractivity contribution is 5.94. The van der Waals surface area contributed by atoms with Crippen molar-refractivity contribution in [1.82, 2.24) is 0 Å². The van der Waals surface area contributed by atoms with E-state index < -0.39 is 0 Å². The maximum absolute atomic E-state index is 12.4. The summed E-state index contributed by atoms with van der Waals surface area (Å²) >= 11 is 0. The van der Waals surface area contributed by atoms with Crippen molar-refractivity contribution in [2.45, 2.75) is 32.4 Å². The molecular formula is C18H19NO3. The second kappa shape index (κ2) is 4.99. The first-order valence-corrected chi connectivity index (χ1v) is 7.72. The number of nitrogens with zero attached hydrogens (tertiary/aromatic N) is 1. The molecule has 0 bridgehead atoms. The minimum Gasteiger partial charge on any atom is -0.467 e. The van der Waals surface area contributed by atoms with Crippen LogP contribution in [0, 0.1) is 12.8 Å². The molecule has 0 spiro atoms. The van der Waals surface area contributed by atoms with Crippen molar-refractivity contribution < 1.29 is 13.9 Å². The fourth-order valence-electron chi connectivity index (χ4n) is 3.88. The van der Waals surface area contributed by atoms with Crippen LogP contribution in [0.3, 0.4) is 0 Å². The Morgan fingerprint density at radius 3 is 2.91 bits per heavy atom. The molecule has 0 N–H and O–H groups in total. The highest BCUT2D eigenvalue weighted by Crippen LogP contribution is 2.53. The molecule has 2 aliphatic heterocycles. The first-order valence-electron chi connectivity index (χ1n) is 7.72. The molecule has 1 saturated heterocycles. The SMILES string of the molecule is CC(=O)N1c2ccc(C)cc2C2OCCC2C1c1ccco1. The topological polar surface area (TPSA) is 42.7 Å². The van der Waals surface area contributed by atoms with Gasteiger partial charge in [-0.05, 0) is 31.5 Å². The minimum absolute atomic E-state index is 0.0388. The summed E-state index contributed by atoms with van der Waals surface area (Å²) in [5.41, 5.74) is 3.26. The molecule has 1 aromatic carbocycles. The molecule has 0 saturated carbocycles. The second-order valence-corrected chi connectivity index (χ2v) is 6.16. The third kappa shape index (κ3) is 1.91. The standard InChI is InChI=1S/C18H19NO3/c1-11-5-6-15-14(10-11)18-13(7-9-22-18)17(19(15)12(2)20)16-4-3-8-21-16/h3-6,8,10,13,17-18H,7,9H2,1-2H3. The zero-order valence-corrected chi connectivity index (χ0v) is 12.8. The van der Waals surface area contributed by atoms with Crippen molar-refractivity contribution in [2.24, 2.45) is 5.92 Å². The number of carbonyl (C=O) groups is 1. The molecule has 1 fully saturated rings. The molecule has 4 nitrogen and oxygen atoms in total. The molecule has 0 aliphatic carbocycles. The van der Waals surface area contributed by atoms with Gasteiger partial charge in [0.1, 0.15) is 11.8 Å². The van der Waals surface area contributed by atoms with E-state index in [0.29, 0.717) is 0 Å². The summed E-state index contributed by atoms with van der Waals surface area (Å²) in [4.78, 5) is 14.3.